The molecule has 1 atom stereocenters. The Hall–Kier alpha value is -2.21. The number of aromatic nitrogens is 2. The van der Waals surface area contributed by atoms with E-state index >= 15 is 0 Å². The predicted molar refractivity (Wildman–Crippen MR) is 70.9 cm³/mol. The molecule has 0 spiro atoms. The third kappa shape index (κ3) is 2.08. The largest absolute Gasteiger partial charge is 0.476 e. The van der Waals surface area contributed by atoms with Gasteiger partial charge in [0.05, 0.1) is 5.69 Å². The molecule has 0 fully saturated rings. The Morgan fingerprint density at radius 1 is 1.40 bits per heavy atom. The fourth-order valence-corrected chi connectivity index (χ4v) is 2.57. The van der Waals surface area contributed by atoms with E-state index in [1.807, 2.05) is 4.57 Å². The number of nitrogens with two attached hydrogens (primary N) is 1. The zero-order valence-corrected chi connectivity index (χ0v) is 10.7. The summed E-state index contributed by atoms with van der Waals surface area (Å²) in [5, 5.41) is 9.25. The molecule has 2 aromatic rings. The number of halogens is 1. The quantitative estimate of drug-likeness (QED) is 0.873. The number of carbonyl (C=O) groups is 1. The summed E-state index contributed by atoms with van der Waals surface area (Å²) in [7, 11) is 0. The molecule has 1 aromatic carbocycles. The van der Waals surface area contributed by atoms with E-state index in [0.717, 1.165) is 6.42 Å². The number of fused-ring (bicyclic) bond motifs is 1. The van der Waals surface area contributed by atoms with Gasteiger partial charge in [-0.25, -0.2) is 14.2 Å². The van der Waals surface area contributed by atoms with E-state index in [1.54, 1.807) is 12.1 Å². The molecule has 5 nitrogen and oxygen atoms in total. The highest BCUT2D eigenvalue weighted by Gasteiger charge is 2.27. The van der Waals surface area contributed by atoms with Crippen LogP contribution in [0.3, 0.4) is 0 Å². The van der Waals surface area contributed by atoms with Crippen LogP contribution >= 0.6 is 0 Å². The van der Waals surface area contributed by atoms with Gasteiger partial charge in [0.15, 0.2) is 5.69 Å². The number of rotatable bonds is 2. The van der Waals surface area contributed by atoms with Gasteiger partial charge >= 0.3 is 5.97 Å². The second-order valence-corrected chi connectivity index (χ2v) is 4.95. The van der Waals surface area contributed by atoms with Crippen molar-refractivity contribution in [1.82, 2.24) is 9.55 Å². The average molecular weight is 275 g/mol. The first-order valence-corrected chi connectivity index (χ1v) is 6.40. The number of carboxylic acids is 1. The van der Waals surface area contributed by atoms with Crippen LogP contribution in [-0.4, -0.2) is 26.7 Å². The zero-order valence-electron chi connectivity index (χ0n) is 10.7. The van der Waals surface area contributed by atoms with Crippen LogP contribution in [0.25, 0.3) is 11.4 Å². The van der Waals surface area contributed by atoms with Crippen LogP contribution < -0.4 is 5.73 Å². The first kappa shape index (κ1) is 12.8. The lowest BCUT2D eigenvalue weighted by Crippen LogP contribution is -2.31. The van der Waals surface area contributed by atoms with Gasteiger partial charge < -0.3 is 15.4 Å². The summed E-state index contributed by atoms with van der Waals surface area (Å²) in [6, 6.07) is 5.84. The number of benzene rings is 1. The Labute approximate surface area is 114 Å². The second-order valence-electron chi connectivity index (χ2n) is 4.95. The van der Waals surface area contributed by atoms with Gasteiger partial charge in [-0.15, -0.1) is 0 Å². The summed E-state index contributed by atoms with van der Waals surface area (Å²) in [5.41, 5.74) is 7.30. The van der Waals surface area contributed by atoms with Gasteiger partial charge in [0.1, 0.15) is 11.6 Å². The summed E-state index contributed by atoms with van der Waals surface area (Å²) in [6.07, 6.45) is 1.27. The van der Waals surface area contributed by atoms with Gasteiger partial charge in [0.2, 0.25) is 0 Å². The standard InChI is InChI=1S/C14H14FN3O2/c15-9-3-1-8(2-4-9)13-17-12(14(19)20)11-7-10(16)5-6-18(11)13/h1-4,10H,5-7,16H2,(H,19,20). The van der Waals surface area contributed by atoms with Crippen molar-refractivity contribution < 1.29 is 14.3 Å². The predicted octanol–water partition coefficient (Wildman–Crippen LogP) is 1.66. The molecule has 0 aliphatic carbocycles. The van der Waals surface area contributed by atoms with E-state index < -0.39 is 5.97 Å². The minimum atomic E-state index is -1.06. The molecule has 0 bridgehead atoms. The molecule has 0 saturated carbocycles. The Balaban J connectivity index is 2.14. The lowest BCUT2D eigenvalue weighted by atomic mass is 10.0. The van der Waals surface area contributed by atoms with Crippen molar-refractivity contribution in [1.29, 1.82) is 0 Å². The SMILES string of the molecule is NC1CCn2c(-c3ccc(F)cc3)nc(C(=O)O)c2C1. The molecular weight excluding hydrogens is 261 g/mol. The highest BCUT2D eigenvalue weighted by atomic mass is 19.1. The summed E-state index contributed by atoms with van der Waals surface area (Å²) < 4.78 is 14.9. The minimum Gasteiger partial charge on any atom is -0.476 e. The molecule has 0 saturated heterocycles. The maximum absolute atomic E-state index is 13.0. The van der Waals surface area contributed by atoms with Crippen molar-refractivity contribution in [3.05, 3.63) is 41.5 Å². The van der Waals surface area contributed by atoms with Crippen LogP contribution in [0.4, 0.5) is 4.39 Å². The molecule has 104 valence electrons. The van der Waals surface area contributed by atoms with Crippen LogP contribution in [0.1, 0.15) is 22.6 Å². The van der Waals surface area contributed by atoms with E-state index in [4.69, 9.17) is 5.73 Å². The van der Waals surface area contributed by atoms with Crippen molar-refractivity contribution in [3.8, 4) is 11.4 Å². The summed E-state index contributed by atoms with van der Waals surface area (Å²) in [5.74, 6) is -0.833. The smallest absolute Gasteiger partial charge is 0.356 e. The highest BCUT2D eigenvalue weighted by molar-refractivity contribution is 5.88. The van der Waals surface area contributed by atoms with Crippen molar-refractivity contribution in [2.75, 3.05) is 0 Å². The first-order chi connectivity index (χ1) is 9.56. The maximum Gasteiger partial charge on any atom is 0.356 e. The van der Waals surface area contributed by atoms with Gasteiger partial charge in [-0.3, -0.25) is 0 Å². The molecule has 0 radical (unpaired) electrons. The third-order valence-corrected chi connectivity index (χ3v) is 3.56. The number of hydrogen-bond donors (Lipinski definition) is 2. The molecule has 2 heterocycles. The lowest BCUT2D eigenvalue weighted by molar-refractivity contribution is 0.0689. The Morgan fingerprint density at radius 2 is 2.10 bits per heavy atom. The molecule has 1 aliphatic rings. The van der Waals surface area contributed by atoms with E-state index in [9.17, 15) is 14.3 Å². The van der Waals surface area contributed by atoms with Crippen molar-refractivity contribution >= 4 is 5.97 Å². The molecule has 1 aromatic heterocycles. The van der Waals surface area contributed by atoms with Gasteiger partial charge in [0.25, 0.3) is 0 Å². The lowest BCUT2D eigenvalue weighted by Gasteiger charge is -2.22. The van der Waals surface area contributed by atoms with Crippen molar-refractivity contribution in [2.24, 2.45) is 5.73 Å². The zero-order chi connectivity index (χ0) is 14.3. The van der Waals surface area contributed by atoms with Crippen LogP contribution in [0.2, 0.25) is 0 Å². The highest BCUT2D eigenvalue weighted by Crippen LogP contribution is 2.27. The maximum atomic E-state index is 13.0. The van der Waals surface area contributed by atoms with Crippen LogP contribution in [0, 0.1) is 5.82 Å². The van der Waals surface area contributed by atoms with Gasteiger partial charge in [-0.05, 0) is 30.7 Å². The molecular formula is C14H14FN3O2. The molecule has 1 unspecified atom stereocenters. The Kier molecular flexibility index (Phi) is 3.02. The van der Waals surface area contributed by atoms with Crippen molar-refractivity contribution in [3.63, 3.8) is 0 Å². The molecule has 6 heteroatoms. The molecule has 3 rings (SSSR count). The molecule has 0 amide bonds. The average Bonchev–Trinajstić information content (AvgIpc) is 2.78. The van der Waals surface area contributed by atoms with Gasteiger partial charge in [-0.1, -0.05) is 0 Å². The second kappa shape index (κ2) is 4.72. The monoisotopic (exact) mass is 275 g/mol. The van der Waals surface area contributed by atoms with E-state index in [1.165, 1.54) is 12.1 Å². The summed E-state index contributed by atoms with van der Waals surface area (Å²) >= 11 is 0. The Morgan fingerprint density at radius 3 is 2.75 bits per heavy atom. The number of nitrogens with zero attached hydrogens (tertiary/aromatic N) is 2. The number of hydrogen-bond acceptors (Lipinski definition) is 3. The fraction of sp³-hybridized carbons (Fsp3) is 0.286. The van der Waals surface area contributed by atoms with E-state index in [2.05, 4.69) is 4.98 Å². The summed E-state index contributed by atoms with van der Waals surface area (Å²) in [6.45, 7) is 0.628. The van der Waals surface area contributed by atoms with Gasteiger partial charge in [0, 0.05) is 24.6 Å². The topological polar surface area (TPSA) is 81.1 Å². The van der Waals surface area contributed by atoms with Crippen molar-refractivity contribution in [2.45, 2.75) is 25.4 Å². The number of carboxylic acid groups (broad SMARTS) is 1. The number of imidazole rings is 1. The molecule has 20 heavy (non-hydrogen) atoms. The molecule has 1 aliphatic heterocycles. The Bertz CT molecular complexity index is 664. The van der Waals surface area contributed by atoms with Crippen LogP contribution in [0.15, 0.2) is 24.3 Å². The fourth-order valence-electron chi connectivity index (χ4n) is 2.57. The molecule has 3 N–H and O–H groups in total. The summed E-state index contributed by atoms with van der Waals surface area (Å²) in [4.78, 5) is 15.5. The normalized spacial score (nSPS) is 17.8. The minimum absolute atomic E-state index is 0.0412. The number of aromatic carboxylic acids is 1. The van der Waals surface area contributed by atoms with Gasteiger partial charge in [-0.2, -0.15) is 0 Å². The van der Waals surface area contributed by atoms with Crippen LogP contribution in [0.5, 0.6) is 0 Å². The van der Waals surface area contributed by atoms with E-state index in [0.29, 0.717) is 30.0 Å². The van der Waals surface area contributed by atoms with E-state index in [-0.39, 0.29) is 17.6 Å². The van der Waals surface area contributed by atoms with Crippen LogP contribution in [-0.2, 0) is 13.0 Å². The first-order valence-electron chi connectivity index (χ1n) is 6.40. The third-order valence-electron chi connectivity index (χ3n) is 3.56.